The van der Waals surface area contributed by atoms with Gasteiger partial charge in [0.1, 0.15) is 5.82 Å². The van der Waals surface area contributed by atoms with Gasteiger partial charge in [-0.3, -0.25) is 0 Å². The Labute approximate surface area is 128 Å². The van der Waals surface area contributed by atoms with E-state index in [2.05, 4.69) is 24.1 Å². The van der Waals surface area contributed by atoms with Crippen LogP contribution in [-0.4, -0.2) is 11.0 Å². The second kappa shape index (κ2) is 6.92. The first kappa shape index (κ1) is 16.5. The molecule has 1 atom stereocenters. The predicted molar refractivity (Wildman–Crippen MR) is 80.7 cm³/mol. The minimum absolute atomic E-state index is 0.0261. The molecule has 1 N–H and O–H groups in total. The molecule has 2 nitrogen and oxygen atoms in total. The normalized spacial score (nSPS) is 12.7. The maximum atomic E-state index is 13.8. The molecular formula is C17H19F3N2. The average molecular weight is 308 g/mol. The number of hydrogen-bond acceptors (Lipinski definition) is 2. The van der Waals surface area contributed by atoms with Crippen LogP contribution in [0.15, 0.2) is 30.3 Å². The van der Waals surface area contributed by atoms with Crippen molar-refractivity contribution in [2.75, 3.05) is 0 Å². The van der Waals surface area contributed by atoms with Crippen molar-refractivity contribution < 1.29 is 13.2 Å². The molecule has 0 aliphatic carbocycles. The van der Waals surface area contributed by atoms with Crippen molar-refractivity contribution in [1.29, 1.82) is 0 Å². The molecule has 1 heterocycles. The van der Waals surface area contributed by atoms with E-state index in [9.17, 15) is 13.2 Å². The van der Waals surface area contributed by atoms with Crippen molar-refractivity contribution in [1.82, 2.24) is 10.3 Å². The number of rotatable bonds is 5. The van der Waals surface area contributed by atoms with E-state index in [0.29, 0.717) is 5.92 Å². The van der Waals surface area contributed by atoms with Crippen LogP contribution in [0.2, 0.25) is 0 Å². The highest BCUT2D eigenvalue weighted by Crippen LogP contribution is 2.23. The van der Waals surface area contributed by atoms with E-state index in [1.165, 1.54) is 24.3 Å². The van der Waals surface area contributed by atoms with E-state index in [1.807, 2.05) is 6.92 Å². The van der Waals surface area contributed by atoms with E-state index < -0.39 is 17.5 Å². The number of benzene rings is 1. The van der Waals surface area contributed by atoms with Crippen molar-refractivity contribution in [3.8, 4) is 11.3 Å². The van der Waals surface area contributed by atoms with E-state index in [4.69, 9.17) is 0 Å². The molecule has 0 amide bonds. The summed E-state index contributed by atoms with van der Waals surface area (Å²) < 4.78 is 41.0. The number of nitrogens with zero attached hydrogens (tertiary/aromatic N) is 1. The molecule has 0 fully saturated rings. The summed E-state index contributed by atoms with van der Waals surface area (Å²) >= 11 is 0. The van der Waals surface area contributed by atoms with Gasteiger partial charge in [0.2, 0.25) is 0 Å². The average Bonchev–Trinajstić information content (AvgIpc) is 2.49. The molecule has 0 aliphatic rings. The van der Waals surface area contributed by atoms with Crippen LogP contribution in [0.1, 0.15) is 26.5 Å². The molecule has 118 valence electrons. The Morgan fingerprint density at radius 2 is 1.73 bits per heavy atom. The van der Waals surface area contributed by atoms with Gasteiger partial charge in [0.05, 0.1) is 11.4 Å². The Bertz CT molecular complexity index is 656. The molecule has 0 spiro atoms. The number of nitrogens with one attached hydrogen (secondary N) is 1. The summed E-state index contributed by atoms with van der Waals surface area (Å²) in [5, 5.41) is 3.17. The molecule has 2 rings (SSSR count). The zero-order valence-corrected chi connectivity index (χ0v) is 12.8. The largest absolute Gasteiger partial charge is 0.308 e. The summed E-state index contributed by atoms with van der Waals surface area (Å²) in [6.07, 6.45) is 0. The Hall–Kier alpha value is -1.88. The molecule has 0 aliphatic heterocycles. The predicted octanol–water partition coefficient (Wildman–Crippen LogP) is 4.30. The van der Waals surface area contributed by atoms with Gasteiger partial charge >= 0.3 is 0 Å². The first-order valence-electron chi connectivity index (χ1n) is 7.23. The first-order valence-corrected chi connectivity index (χ1v) is 7.23. The van der Waals surface area contributed by atoms with Gasteiger partial charge in [-0.2, -0.15) is 0 Å². The van der Waals surface area contributed by atoms with Crippen LogP contribution < -0.4 is 5.32 Å². The van der Waals surface area contributed by atoms with Gasteiger partial charge in [0, 0.05) is 18.2 Å². The molecule has 0 saturated carbocycles. The van der Waals surface area contributed by atoms with Gasteiger partial charge in [-0.1, -0.05) is 19.9 Å². The molecule has 1 aromatic heterocycles. The summed E-state index contributed by atoms with van der Waals surface area (Å²) in [4.78, 5) is 4.13. The van der Waals surface area contributed by atoms with Crippen LogP contribution in [0, 0.1) is 23.4 Å². The van der Waals surface area contributed by atoms with E-state index >= 15 is 0 Å². The quantitative estimate of drug-likeness (QED) is 0.891. The molecule has 2 aromatic rings. The van der Waals surface area contributed by atoms with E-state index in [1.54, 1.807) is 0 Å². The molecule has 0 unspecified atom stereocenters. The van der Waals surface area contributed by atoms with Crippen LogP contribution >= 0.6 is 0 Å². The van der Waals surface area contributed by atoms with Gasteiger partial charge in [0.25, 0.3) is 0 Å². The summed E-state index contributed by atoms with van der Waals surface area (Å²) in [5.74, 6) is -2.00. The summed E-state index contributed by atoms with van der Waals surface area (Å²) in [6, 6.07) is 6.63. The molecule has 22 heavy (non-hydrogen) atoms. The zero-order valence-electron chi connectivity index (χ0n) is 12.8. The fourth-order valence-electron chi connectivity index (χ4n) is 1.95. The third-order valence-electron chi connectivity index (χ3n) is 3.74. The van der Waals surface area contributed by atoms with Crippen LogP contribution in [0.4, 0.5) is 13.2 Å². The van der Waals surface area contributed by atoms with Gasteiger partial charge in [-0.25, -0.2) is 18.2 Å². The van der Waals surface area contributed by atoms with Gasteiger partial charge in [-0.15, -0.1) is 0 Å². The van der Waals surface area contributed by atoms with Crippen LogP contribution in [-0.2, 0) is 6.54 Å². The Morgan fingerprint density at radius 1 is 1.00 bits per heavy atom. The molecule has 0 saturated heterocycles. The highest BCUT2D eigenvalue weighted by Gasteiger charge is 2.14. The SMILES string of the molecule is CC(C)[C@@H](C)NCc1nc(-c2cccc(F)c2F)ccc1F. The smallest absolute Gasteiger partial charge is 0.168 e. The van der Waals surface area contributed by atoms with Gasteiger partial charge in [0.15, 0.2) is 11.6 Å². The second-order valence-corrected chi connectivity index (χ2v) is 5.64. The Balaban J connectivity index is 2.28. The maximum absolute atomic E-state index is 13.8. The Kier molecular flexibility index (Phi) is 5.19. The van der Waals surface area contributed by atoms with E-state index in [-0.39, 0.29) is 29.5 Å². The van der Waals surface area contributed by atoms with E-state index in [0.717, 1.165) is 6.07 Å². The molecule has 5 heteroatoms. The molecule has 1 aromatic carbocycles. The molecule has 0 bridgehead atoms. The maximum Gasteiger partial charge on any atom is 0.168 e. The van der Waals surface area contributed by atoms with Crippen LogP contribution in [0.25, 0.3) is 11.3 Å². The monoisotopic (exact) mass is 308 g/mol. The lowest BCUT2D eigenvalue weighted by molar-refractivity contribution is 0.418. The zero-order chi connectivity index (χ0) is 16.3. The van der Waals surface area contributed by atoms with Crippen molar-refractivity contribution >= 4 is 0 Å². The van der Waals surface area contributed by atoms with Crippen molar-refractivity contribution in [3.05, 3.63) is 53.5 Å². The fraction of sp³-hybridized carbons (Fsp3) is 0.353. The van der Waals surface area contributed by atoms with Gasteiger partial charge < -0.3 is 5.32 Å². The minimum atomic E-state index is -0.976. The summed E-state index contributed by atoms with van der Waals surface area (Å²) in [6.45, 7) is 6.34. The Morgan fingerprint density at radius 3 is 2.41 bits per heavy atom. The minimum Gasteiger partial charge on any atom is -0.308 e. The fourth-order valence-corrected chi connectivity index (χ4v) is 1.95. The summed E-state index contributed by atoms with van der Waals surface area (Å²) in [7, 11) is 0. The highest BCUT2D eigenvalue weighted by atomic mass is 19.2. The van der Waals surface area contributed by atoms with Crippen molar-refractivity contribution in [2.45, 2.75) is 33.4 Å². The number of halogens is 3. The third kappa shape index (κ3) is 3.65. The number of hydrogen-bond donors (Lipinski definition) is 1. The molecule has 0 radical (unpaired) electrons. The topological polar surface area (TPSA) is 24.9 Å². The second-order valence-electron chi connectivity index (χ2n) is 5.64. The molecular weight excluding hydrogens is 289 g/mol. The first-order chi connectivity index (χ1) is 10.4. The highest BCUT2D eigenvalue weighted by molar-refractivity contribution is 5.60. The number of aromatic nitrogens is 1. The lowest BCUT2D eigenvalue weighted by Gasteiger charge is -2.17. The van der Waals surface area contributed by atoms with Gasteiger partial charge in [-0.05, 0) is 37.1 Å². The summed E-state index contributed by atoms with van der Waals surface area (Å²) in [5.41, 5.74) is 0.430. The number of pyridine rings is 1. The third-order valence-corrected chi connectivity index (χ3v) is 3.74. The standard InChI is InChI=1S/C17H19F3N2/c1-10(2)11(3)21-9-16-13(18)7-8-15(22-16)12-5-4-6-14(19)17(12)20/h4-8,10-11,21H,9H2,1-3H3/t11-/m1/s1. The van der Waals surface area contributed by atoms with Crippen molar-refractivity contribution in [2.24, 2.45) is 5.92 Å². The van der Waals surface area contributed by atoms with Crippen molar-refractivity contribution in [3.63, 3.8) is 0 Å². The van der Waals surface area contributed by atoms with Crippen LogP contribution in [0.5, 0.6) is 0 Å². The lowest BCUT2D eigenvalue weighted by Crippen LogP contribution is -2.30. The van der Waals surface area contributed by atoms with Crippen LogP contribution in [0.3, 0.4) is 0 Å². The lowest BCUT2D eigenvalue weighted by atomic mass is 10.1.